The van der Waals surface area contributed by atoms with E-state index >= 15 is 0 Å². The summed E-state index contributed by atoms with van der Waals surface area (Å²) in [5.41, 5.74) is 1.61. The number of hydrogen-bond donors (Lipinski definition) is 1. The molecule has 0 atom stereocenters. The Hall–Kier alpha value is -0.970. The fourth-order valence-electron chi connectivity index (χ4n) is 1.23. The Morgan fingerprint density at radius 3 is 2.32 bits per heavy atom. The van der Waals surface area contributed by atoms with E-state index < -0.39 is 34.2 Å². The van der Waals surface area contributed by atoms with Crippen molar-refractivity contribution in [1.29, 1.82) is 0 Å². The van der Waals surface area contributed by atoms with Crippen LogP contribution in [0.2, 0.25) is 0 Å². The minimum Gasteiger partial charge on any atom is -0.274 e. The number of hydrogen-bond acceptors (Lipinski definition) is 3. The van der Waals surface area contributed by atoms with Crippen LogP contribution in [0.4, 0.5) is 36.4 Å². The zero-order valence-corrected chi connectivity index (χ0v) is 13.1. The molecule has 0 aromatic heterocycles. The first kappa shape index (κ1) is 19.1. The van der Waals surface area contributed by atoms with Crippen molar-refractivity contribution in [2.24, 2.45) is 5.10 Å². The van der Waals surface area contributed by atoms with Gasteiger partial charge in [0.25, 0.3) is 0 Å². The highest BCUT2D eigenvalue weighted by Crippen LogP contribution is 2.32. The van der Waals surface area contributed by atoms with Crippen LogP contribution in [0.3, 0.4) is 0 Å². The molecule has 124 valence electrons. The highest BCUT2D eigenvalue weighted by Gasteiger charge is 2.34. The Kier molecular flexibility index (Phi) is 6.13. The zero-order chi connectivity index (χ0) is 17.1. The van der Waals surface area contributed by atoms with E-state index in [1.165, 1.54) is 6.92 Å². The number of thioether (sulfide) groups is 1. The van der Waals surface area contributed by atoms with E-state index in [2.05, 4.69) is 21.0 Å². The van der Waals surface area contributed by atoms with E-state index in [1.807, 2.05) is 5.43 Å². The third-order valence-electron chi connectivity index (χ3n) is 2.16. The van der Waals surface area contributed by atoms with Crippen molar-refractivity contribution in [3.8, 4) is 0 Å². The number of aryl methyl sites for hydroxylation is 1. The Balaban J connectivity index is 2.97. The monoisotopic (exact) mass is 412 g/mol. The van der Waals surface area contributed by atoms with Crippen molar-refractivity contribution in [3.63, 3.8) is 0 Å². The van der Waals surface area contributed by atoms with Crippen LogP contribution in [0.5, 0.6) is 0 Å². The lowest BCUT2D eigenvalue weighted by Gasteiger charge is -2.11. The highest BCUT2D eigenvalue weighted by atomic mass is 79.9. The van der Waals surface area contributed by atoms with Crippen LogP contribution in [0.1, 0.15) is 5.56 Å². The fourth-order valence-corrected chi connectivity index (χ4v) is 2.12. The Bertz CT molecular complexity index is 569. The number of benzene rings is 1. The number of rotatable bonds is 4. The second-order valence-corrected chi connectivity index (χ2v) is 5.78. The molecular weight excluding hydrogens is 405 g/mol. The van der Waals surface area contributed by atoms with Crippen LogP contribution in [-0.4, -0.2) is 22.7 Å². The van der Waals surface area contributed by atoms with Gasteiger partial charge in [-0.1, -0.05) is 0 Å². The van der Waals surface area contributed by atoms with Gasteiger partial charge in [0, 0.05) is 4.90 Å². The lowest BCUT2D eigenvalue weighted by molar-refractivity contribution is -0.105. The second kappa shape index (κ2) is 7.07. The van der Waals surface area contributed by atoms with E-state index in [4.69, 9.17) is 0 Å². The number of halogens is 8. The molecule has 0 amide bonds. The largest absolute Gasteiger partial charge is 0.441 e. The zero-order valence-electron chi connectivity index (χ0n) is 10.7. The van der Waals surface area contributed by atoms with Gasteiger partial charge in [0.2, 0.25) is 4.62 Å². The lowest BCUT2D eigenvalue weighted by Crippen LogP contribution is -2.18. The number of hydrazone groups is 1. The molecule has 1 rings (SSSR count). The lowest BCUT2D eigenvalue weighted by atomic mass is 10.2. The molecule has 0 heterocycles. The van der Waals surface area contributed by atoms with Gasteiger partial charge in [-0.15, -0.1) is 11.8 Å². The predicted octanol–water partition coefficient (Wildman–Crippen LogP) is 5.47. The van der Waals surface area contributed by atoms with Crippen LogP contribution in [0.25, 0.3) is 0 Å². The standard InChI is InChI=1S/C11H8BrF7N2S/c1-5-2-6(13)7(20-21-9(12)11(17,18)19)3-8(5)22-4-10(14,15)16/h2-3,20H,4H2,1H3. The highest BCUT2D eigenvalue weighted by molar-refractivity contribution is 9.18. The molecule has 2 nitrogen and oxygen atoms in total. The van der Waals surface area contributed by atoms with Gasteiger partial charge in [0.05, 0.1) is 11.4 Å². The summed E-state index contributed by atoms with van der Waals surface area (Å²) in [5.74, 6) is -2.13. The van der Waals surface area contributed by atoms with Crippen LogP contribution in [0, 0.1) is 12.7 Å². The van der Waals surface area contributed by atoms with Gasteiger partial charge >= 0.3 is 12.4 Å². The van der Waals surface area contributed by atoms with Crippen molar-refractivity contribution < 1.29 is 30.7 Å². The van der Waals surface area contributed by atoms with E-state index in [-0.39, 0.29) is 10.5 Å². The summed E-state index contributed by atoms with van der Waals surface area (Å²) >= 11 is 2.56. The van der Waals surface area contributed by atoms with Crippen LogP contribution in [-0.2, 0) is 0 Å². The molecule has 0 saturated heterocycles. The van der Waals surface area contributed by atoms with E-state index in [1.54, 1.807) is 0 Å². The van der Waals surface area contributed by atoms with Crippen LogP contribution in [0.15, 0.2) is 22.1 Å². The molecule has 22 heavy (non-hydrogen) atoms. The van der Waals surface area contributed by atoms with E-state index in [0.717, 1.165) is 12.1 Å². The topological polar surface area (TPSA) is 24.4 Å². The first-order valence-electron chi connectivity index (χ1n) is 5.46. The Morgan fingerprint density at radius 2 is 1.82 bits per heavy atom. The molecule has 0 fully saturated rings. The van der Waals surface area contributed by atoms with Gasteiger partial charge in [-0.3, -0.25) is 5.43 Å². The van der Waals surface area contributed by atoms with Gasteiger partial charge in [-0.05, 0) is 40.5 Å². The van der Waals surface area contributed by atoms with Crippen molar-refractivity contribution in [1.82, 2.24) is 0 Å². The summed E-state index contributed by atoms with van der Waals surface area (Å²) in [7, 11) is 0. The number of nitrogens with one attached hydrogen (secondary N) is 1. The average Bonchev–Trinajstić information content (AvgIpc) is 2.33. The van der Waals surface area contributed by atoms with Gasteiger partial charge < -0.3 is 0 Å². The predicted molar refractivity (Wildman–Crippen MR) is 74.0 cm³/mol. The fraction of sp³-hybridized carbons (Fsp3) is 0.364. The molecule has 0 aliphatic rings. The molecule has 0 aliphatic heterocycles. The maximum absolute atomic E-state index is 13.6. The van der Waals surface area contributed by atoms with E-state index in [0.29, 0.717) is 11.8 Å². The maximum atomic E-state index is 13.6. The molecule has 1 aromatic carbocycles. The summed E-state index contributed by atoms with van der Waals surface area (Å²) in [6.07, 6.45) is -9.18. The molecule has 0 unspecified atom stereocenters. The third kappa shape index (κ3) is 6.03. The third-order valence-corrected chi connectivity index (χ3v) is 4.01. The molecule has 0 bridgehead atoms. The molecule has 1 N–H and O–H groups in total. The quantitative estimate of drug-likeness (QED) is 0.307. The molecule has 0 spiro atoms. The molecular formula is C11H8BrF7N2S. The Labute approximate surface area is 133 Å². The normalized spacial score (nSPS) is 13.4. The summed E-state index contributed by atoms with van der Waals surface area (Å²) in [5, 5.41) is 2.89. The van der Waals surface area contributed by atoms with Crippen molar-refractivity contribution in [3.05, 3.63) is 23.5 Å². The smallest absolute Gasteiger partial charge is 0.274 e. The summed E-state index contributed by atoms with van der Waals surface area (Å²) in [4.78, 5) is 0.0829. The van der Waals surface area contributed by atoms with Gasteiger partial charge in [-0.25, -0.2) is 4.39 Å². The molecule has 1 aromatic rings. The molecule has 11 heteroatoms. The SMILES string of the molecule is Cc1cc(F)c(NN=C(Br)C(F)(F)F)cc1SCC(F)(F)F. The minimum atomic E-state index is -4.76. The number of nitrogens with zero attached hydrogens (tertiary/aromatic N) is 1. The average molecular weight is 413 g/mol. The van der Waals surface area contributed by atoms with Gasteiger partial charge in [0.1, 0.15) is 5.82 Å². The minimum absolute atomic E-state index is 0.0829. The van der Waals surface area contributed by atoms with Crippen molar-refractivity contribution >= 4 is 38.0 Å². The second-order valence-electron chi connectivity index (χ2n) is 4.01. The van der Waals surface area contributed by atoms with Gasteiger partial charge in [0.15, 0.2) is 0 Å². The molecule has 0 saturated carbocycles. The summed E-state index contributed by atoms with van der Waals surface area (Å²) in [6, 6.07) is 1.89. The Morgan fingerprint density at radius 1 is 1.23 bits per heavy atom. The first-order chi connectivity index (χ1) is 9.90. The molecule has 0 aliphatic carbocycles. The summed E-state index contributed by atoms with van der Waals surface area (Å²) < 4.78 is 85.3. The maximum Gasteiger partial charge on any atom is 0.441 e. The van der Waals surface area contributed by atoms with Crippen LogP contribution < -0.4 is 5.43 Å². The van der Waals surface area contributed by atoms with Crippen molar-refractivity contribution in [2.75, 3.05) is 11.2 Å². The van der Waals surface area contributed by atoms with E-state index in [9.17, 15) is 30.7 Å². The van der Waals surface area contributed by atoms with Crippen LogP contribution >= 0.6 is 27.7 Å². The summed E-state index contributed by atoms with van der Waals surface area (Å²) in [6.45, 7) is 1.39. The first-order valence-corrected chi connectivity index (χ1v) is 7.24. The number of alkyl halides is 6. The van der Waals surface area contributed by atoms with Crippen molar-refractivity contribution in [2.45, 2.75) is 24.2 Å². The molecule has 0 radical (unpaired) electrons. The van der Waals surface area contributed by atoms with Gasteiger partial charge in [-0.2, -0.15) is 31.4 Å². The number of anilines is 1.